The van der Waals surface area contributed by atoms with Gasteiger partial charge >= 0.3 is 0 Å². The zero-order chi connectivity index (χ0) is 13.1. The fourth-order valence-electron chi connectivity index (χ4n) is 3.46. The fourth-order valence-corrected chi connectivity index (χ4v) is 3.46. The Morgan fingerprint density at radius 2 is 1.89 bits per heavy atom. The molecule has 19 heavy (non-hydrogen) atoms. The first-order valence-corrected chi connectivity index (χ1v) is 7.75. The maximum absolute atomic E-state index is 4.61. The van der Waals surface area contributed by atoms with E-state index in [2.05, 4.69) is 40.6 Å². The number of likely N-dealkylation sites (tertiary alicyclic amines) is 1. The zero-order valence-corrected chi connectivity index (χ0v) is 11.9. The van der Waals surface area contributed by atoms with E-state index in [-0.39, 0.29) is 0 Å². The van der Waals surface area contributed by atoms with E-state index in [1.54, 1.807) is 0 Å². The molecule has 0 radical (unpaired) electrons. The number of piperidine rings is 1. The van der Waals surface area contributed by atoms with Gasteiger partial charge in [0.2, 0.25) is 0 Å². The Morgan fingerprint density at radius 3 is 2.58 bits per heavy atom. The molecule has 3 nitrogen and oxygen atoms in total. The first-order chi connectivity index (χ1) is 9.33. The average molecular weight is 259 g/mol. The summed E-state index contributed by atoms with van der Waals surface area (Å²) >= 11 is 0. The quantitative estimate of drug-likeness (QED) is 0.899. The van der Waals surface area contributed by atoms with E-state index in [0.29, 0.717) is 12.1 Å². The van der Waals surface area contributed by atoms with Gasteiger partial charge in [-0.15, -0.1) is 0 Å². The highest BCUT2D eigenvalue weighted by atomic mass is 15.1. The van der Waals surface area contributed by atoms with Crippen LogP contribution in [0.1, 0.15) is 56.6 Å². The largest absolute Gasteiger partial charge is 0.367 e. The van der Waals surface area contributed by atoms with Crippen LogP contribution in [0.15, 0.2) is 18.3 Å². The fraction of sp³-hybridized carbons (Fsp3) is 0.688. The maximum atomic E-state index is 4.61. The van der Waals surface area contributed by atoms with Crippen LogP contribution in [-0.2, 0) is 0 Å². The van der Waals surface area contributed by atoms with Gasteiger partial charge in [0.25, 0.3) is 0 Å². The predicted molar refractivity (Wildman–Crippen MR) is 79.3 cm³/mol. The highest BCUT2D eigenvalue weighted by Gasteiger charge is 2.21. The van der Waals surface area contributed by atoms with Gasteiger partial charge in [-0.2, -0.15) is 0 Å². The van der Waals surface area contributed by atoms with E-state index in [1.165, 1.54) is 57.1 Å². The van der Waals surface area contributed by atoms with Crippen LogP contribution in [0.4, 0.5) is 5.82 Å². The average Bonchev–Trinajstić information content (AvgIpc) is 2.93. The number of anilines is 1. The Hall–Kier alpha value is -1.09. The van der Waals surface area contributed by atoms with E-state index in [9.17, 15) is 0 Å². The molecule has 1 unspecified atom stereocenters. The van der Waals surface area contributed by atoms with Gasteiger partial charge < -0.3 is 5.32 Å². The van der Waals surface area contributed by atoms with Gasteiger partial charge in [-0.3, -0.25) is 4.90 Å². The molecular weight excluding hydrogens is 234 g/mol. The Labute approximate surface area is 116 Å². The van der Waals surface area contributed by atoms with E-state index < -0.39 is 0 Å². The van der Waals surface area contributed by atoms with Crippen molar-refractivity contribution in [2.24, 2.45) is 0 Å². The molecule has 2 fully saturated rings. The van der Waals surface area contributed by atoms with Crippen molar-refractivity contribution in [3.63, 3.8) is 0 Å². The lowest BCUT2D eigenvalue weighted by molar-refractivity contribution is 0.187. The van der Waals surface area contributed by atoms with E-state index in [1.807, 2.05) is 0 Å². The van der Waals surface area contributed by atoms with Crippen LogP contribution in [0.25, 0.3) is 0 Å². The Morgan fingerprint density at radius 1 is 1.11 bits per heavy atom. The Bertz CT molecular complexity index is 395. The van der Waals surface area contributed by atoms with Gasteiger partial charge in [0, 0.05) is 18.3 Å². The highest BCUT2D eigenvalue weighted by Crippen LogP contribution is 2.29. The second-order valence-corrected chi connectivity index (χ2v) is 6.09. The van der Waals surface area contributed by atoms with Gasteiger partial charge in [-0.1, -0.05) is 25.3 Å². The molecule has 0 bridgehead atoms. The normalized spacial score (nSPS) is 25.6. The number of rotatable bonds is 3. The van der Waals surface area contributed by atoms with Crippen LogP contribution in [0, 0.1) is 0 Å². The predicted octanol–water partition coefficient (Wildman–Crippen LogP) is 3.59. The second-order valence-electron chi connectivity index (χ2n) is 6.09. The number of hydrogen-bond acceptors (Lipinski definition) is 3. The van der Waals surface area contributed by atoms with Gasteiger partial charge in [0.05, 0.1) is 0 Å². The van der Waals surface area contributed by atoms with E-state index >= 15 is 0 Å². The standard InChI is InChI=1S/C16H25N3/c1-19-11-5-4-8-15(19)13-9-10-16(17-12-13)18-14-6-2-3-7-14/h9-10,12,14-15H,2-8,11H2,1H3,(H,17,18). The number of pyridine rings is 1. The number of hydrogen-bond donors (Lipinski definition) is 1. The van der Waals surface area contributed by atoms with Crippen LogP contribution in [0.3, 0.4) is 0 Å². The smallest absolute Gasteiger partial charge is 0.126 e. The highest BCUT2D eigenvalue weighted by molar-refractivity contribution is 5.37. The lowest BCUT2D eigenvalue weighted by Crippen LogP contribution is -2.29. The van der Waals surface area contributed by atoms with Crippen molar-refractivity contribution in [3.8, 4) is 0 Å². The third-order valence-electron chi connectivity index (χ3n) is 4.65. The zero-order valence-electron chi connectivity index (χ0n) is 11.9. The van der Waals surface area contributed by atoms with Crippen molar-refractivity contribution >= 4 is 5.82 Å². The third-order valence-corrected chi connectivity index (χ3v) is 4.65. The van der Waals surface area contributed by atoms with E-state index in [4.69, 9.17) is 0 Å². The van der Waals surface area contributed by atoms with Crippen LogP contribution in [0.5, 0.6) is 0 Å². The molecule has 1 N–H and O–H groups in total. The molecule has 1 aliphatic carbocycles. The Kier molecular flexibility index (Phi) is 4.02. The minimum absolute atomic E-state index is 0.571. The van der Waals surface area contributed by atoms with Crippen LogP contribution < -0.4 is 5.32 Å². The molecule has 0 spiro atoms. The van der Waals surface area contributed by atoms with Crippen molar-refractivity contribution in [1.29, 1.82) is 0 Å². The van der Waals surface area contributed by atoms with Crippen LogP contribution in [0.2, 0.25) is 0 Å². The summed E-state index contributed by atoms with van der Waals surface area (Å²) in [5.74, 6) is 1.05. The van der Waals surface area contributed by atoms with E-state index in [0.717, 1.165) is 5.82 Å². The maximum Gasteiger partial charge on any atom is 0.126 e. The van der Waals surface area contributed by atoms with Crippen molar-refractivity contribution in [2.45, 2.75) is 57.0 Å². The molecular formula is C16H25N3. The molecule has 2 aliphatic rings. The lowest BCUT2D eigenvalue weighted by atomic mass is 9.97. The second kappa shape index (κ2) is 5.91. The molecule has 2 heterocycles. The van der Waals surface area contributed by atoms with Crippen molar-refractivity contribution in [2.75, 3.05) is 18.9 Å². The molecule has 104 valence electrons. The topological polar surface area (TPSA) is 28.2 Å². The molecule has 0 aromatic carbocycles. The summed E-state index contributed by atoms with van der Waals surface area (Å²) in [6.45, 7) is 1.22. The third kappa shape index (κ3) is 3.08. The molecule has 1 atom stereocenters. The SMILES string of the molecule is CN1CCCCC1c1ccc(NC2CCCC2)nc1. The lowest BCUT2D eigenvalue weighted by Gasteiger charge is -2.32. The summed E-state index contributed by atoms with van der Waals surface area (Å²) < 4.78 is 0. The van der Waals surface area contributed by atoms with Gasteiger partial charge in [0.1, 0.15) is 5.82 Å². The number of aromatic nitrogens is 1. The molecule has 3 rings (SSSR count). The Balaban J connectivity index is 1.64. The number of nitrogens with one attached hydrogen (secondary N) is 1. The molecule has 1 aromatic rings. The van der Waals surface area contributed by atoms with Crippen LogP contribution >= 0.6 is 0 Å². The minimum Gasteiger partial charge on any atom is -0.367 e. The monoisotopic (exact) mass is 259 g/mol. The molecule has 1 aromatic heterocycles. The summed E-state index contributed by atoms with van der Waals surface area (Å²) in [4.78, 5) is 7.08. The van der Waals surface area contributed by atoms with Gasteiger partial charge in [-0.25, -0.2) is 4.98 Å². The van der Waals surface area contributed by atoms with Crippen molar-refractivity contribution in [3.05, 3.63) is 23.9 Å². The molecule has 1 aliphatic heterocycles. The molecule has 0 amide bonds. The van der Waals surface area contributed by atoms with Crippen molar-refractivity contribution in [1.82, 2.24) is 9.88 Å². The summed E-state index contributed by atoms with van der Waals surface area (Å²) in [7, 11) is 2.23. The first kappa shape index (κ1) is 12.9. The van der Waals surface area contributed by atoms with Crippen LogP contribution in [-0.4, -0.2) is 29.5 Å². The minimum atomic E-state index is 0.571. The summed E-state index contributed by atoms with van der Waals surface area (Å²) in [5, 5.41) is 3.56. The summed E-state index contributed by atoms with van der Waals surface area (Å²) in [6, 6.07) is 5.64. The molecule has 1 saturated carbocycles. The first-order valence-electron chi connectivity index (χ1n) is 7.75. The summed E-state index contributed by atoms with van der Waals surface area (Å²) in [6.07, 6.45) is 11.4. The van der Waals surface area contributed by atoms with Gasteiger partial charge in [-0.05, 0) is 50.9 Å². The number of nitrogens with zero attached hydrogens (tertiary/aromatic N) is 2. The van der Waals surface area contributed by atoms with Crippen molar-refractivity contribution < 1.29 is 0 Å². The molecule has 3 heteroatoms. The molecule has 1 saturated heterocycles. The van der Waals surface area contributed by atoms with Gasteiger partial charge in [0.15, 0.2) is 0 Å². The summed E-state index contributed by atoms with van der Waals surface area (Å²) in [5.41, 5.74) is 1.37.